The Morgan fingerprint density at radius 2 is 2.05 bits per heavy atom. The van der Waals surface area contributed by atoms with Gasteiger partial charge in [-0.2, -0.15) is 0 Å². The lowest BCUT2D eigenvalue weighted by atomic mass is 10.3. The third-order valence-electron chi connectivity index (χ3n) is 2.34. The molecular weight excluding hydrogens is 317 g/mol. The van der Waals surface area contributed by atoms with Crippen LogP contribution in [-0.2, 0) is 0 Å². The molecule has 0 saturated carbocycles. The van der Waals surface area contributed by atoms with Crippen LogP contribution in [0.15, 0.2) is 29.0 Å². The highest BCUT2D eigenvalue weighted by Crippen LogP contribution is 2.30. The van der Waals surface area contributed by atoms with Crippen LogP contribution in [0, 0.1) is 5.82 Å². The van der Waals surface area contributed by atoms with Crippen molar-refractivity contribution in [3.05, 3.63) is 34.8 Å². The van der Waals surface area contributed by atoms with Crippen molar-refractivity contribution in [2.24, 2.45) is 5.84 Å². The van der Waals surface area contributed by atoms with Crippen molar-refractivity contribution in [2.45, 2.75) is 0 Å². The predicted octanol–water partition coefficient (Wildman–Crippen LogP) is 2.42. The van der Waals surface area contributed by atoms with Crippen LogP contribution >= 0.6 is 15.9 Å². The highest BCUT2D eigenvalue weighted by Gasteiger charge is 2.09. The van der Waals surface area contributed by atoms with Crippen molar-refractivity contribution in [1.29, 1.82) is 0 Å². The lowest BCUT2D eigenvalue weighted by molar-refractivity contribution is 0.387. The second-order valence-electron chi connectivity index (χ2n) is 3.50. The third-order valence-corrected chi connectivity index (χ3v) is 3.09. The number of benzene rings is 1. The molecule has 0 saturated heterocycles. The lowest BCUT2D eigenvalue weighted by Gasteiger charge is -2.11. The van der Waals surface area contributed by atoms with Gasteiger partial charge in [0.2, 0.25) is 0 Å². The SMILES string of the molecule is COc1cc(Nc2ncnc(NN)c2Br)ccc1F. The minimum absolute atomic E-state index is 0.146. The molecule has 2 aromatic rings. The summed E-state index contributed by atoms with van der Waals surface area (Å²) in [5.41, 5.74) is 3.06. The van der Waals surface area contributed by atoms with E-state index in [0.29, 0.717) is 21.8 Å². The van der Waals surface area contributed by atoms with E-state index in [9.17, 15) is 4.39 Å². The maximum atomic E-state index is 13.3. The number of hydrogen-bond acceptors (Lipinski definition) is 6. The minimum atomic E-state index is -0.431. The molecule has 0 bridgehead atoms. The second-order valence-corrected chi connectivity index (χ2v) is 4.30. The van der Waals surface area contributed by atoms with E-state index in [1.54, 1.807) is 6.07 Å². The second kappa shape index (κ2) is 5.81. The summed E-state index contributed by atoms with van der Waals surface area (Å²) in [5.74, 6) is 5.96. The van der Waals surface area contributed by atoms with E-state index in [0.717, 1.165) is 0 Å². The zero-order valence-corrected chi connectivity index (χ0v) is 11.5. The number of ether oxygens (including phenoxy) is 1. The van der Waals surface area contributed by atoms with Gasteiger partial charge in [-0.15, -0.1) is 0 Å². The molecule has 0 fully saturated rings. The summed E-state index contributed by atoms with van der Waals surface area (Å²) in [6, 6.07) is 4.40. The number of aromatic nitrogens is 2. The van der Waals surface area contributed by atoms with Crippen molar-refractivity contribution in [3.8, 4) is 5.75 Å². The molecule has 1 aromatic heterocycles. The van der Waals surface area contributed by atoms with Gasteiger partial charge in [-0.05, 0) is 28.1 Å². The molecule has 0 spiro atoms. The Labute approximate surface area is 117 Å². The van der Waals surface area contributed by atoms with E-state index in [-0.39, 0.29) is 5.75 Å². The molecule has 1 heterocycles. The standard InChI is InChI=1S/C11H11BrFN5O/c1-19-8-4-6(2-3-7(8)13)17-10-9(12)11(18-14)16-5-15-10/h2-5H,14H2,1H3,(H2,15,16,17,18). The Hall–Kier alpha value is -1.93. The summed E-state index contributed by atoms with van der Waals surface area (Å²) in [6.07, 6.45) is 1.35. The molecule has 0 amide bonds. The number of anilines is 3. The van der Waals surface area contributed by atoms with Gasteiger partial charge in [0.05, 0.1) is 7.11 Å². The molecule has 0 aliphatic carbocycles. The van der Waals surface area contributed by atoms with E-state index in [1.165, 1.54) is 25.6 Å². The van der Waals surface area contributed by atoms with Crippen molar-refractivity contribution < 1.29 is 9.13 Å². The van der Waals surface area contributed by atoms with Gasteiger partial charge in [0.25, 0.3) is 0 Å². The zero-order valence-electron chi connectivity index (χ0n) is 9.95. The van der Waals surface area contributed by atoms with E-state index >= 15 is 0 Å². The van der Waals surface area contributed by atoms with Crippen molar-refractivity contribution in [1.82, 2.24) is 9.97 Å². The number of hydrazine groups is 1. The number of nitrogens with zero attached hydrogens (tertiary/aromatic N) is 2. The number of rotatable bonds is 4. The van der Waals surface area contributed by atoms with Crippen molar-refractivity contribution >= 4 is 33.3 Å². The maximum absolute atomic E-state index is 13.3. The minimum Gasteiger partial charge on any atom is -0.494 e. The van der Waals surface area contributed by atoms with Gasteiger partial charge in [0.15, 0.2) is 17.4 Å². The van der Waals surface area contributed by atoms with Gasteiger partial charge in [-0.3, -0.25) is 0 Å². The lowest BCUT2D eigenvalue weighted by Crippen LogP contribution is -2.10. The van der Waals surface area contributed by atoms with Crippen molar-refractivity contribution in [3.63, 3.8) is 0 Å². The molecule has 4 N–H and O–H groups in total. The van der Waals surface area contributed by atoms with Gasteiger partial charge in [0.1, 0.15) is 16.6 Å². The number of nitrogens with two attached hydrogens (primary N) is 1. The summed E-state index contributed by atoms with van der Waals surface area (Å²) in [6.45, 7) is 0. The molecule has 0 radical (unpaired) electrons. The molecular formula is C11H11BrFN5O. The van der Waals surface area contributed by atoms with Gasteiger partial charge >= 0.3 is 0 Å². The fourth-order valence-electron chi connectivity index (χ4n) is 1.43. The van der Waals surface area contributed by atoms with E-state index in [1.807, 2.05) is 0 Å². The monoisotopic (exact) mass is 327 g/mol. The van der Waals surface area contributed by atoms with E-state index in [4.69, 9.17) is 10.6 Å². The van der Waals surface area contributed by atoms with Crippen LogP contribution in [0.5, 0.6) is 5.75 Å². The first-order valence-corrected chi connectivity index (χ1v) is 6.02. The highest BCUT2D eigenvalue weighted by atomic mass is 79.9. The summed E-state index contributed by atoms with van der Waals surface area (Å²) in [7, 11) is 1.40. The smallest absolute Gasteiger partial charge is 0.165 e. The predicted molar refractivity (Wildman–Crippen MR) is 73.8 cm³/mol. The average molecular weight is 328 g/mol. The molecule has 1 aromatic carbocycles. The first kappa shape index (κ1) is 13.5. The molecule has 2 rings (SSSR count). The molecule has 0 atom stereocenters. The quantitative estimate of drug-likeness (QED) is 0.590. The number of methoxy groups -OCH3 is 1. The largest absolute Gasteiger partial charge is 0.494 e. The Morgan fingerprint density at radius 3 is 2.74 bits per heavy atom. The molecule has 0 aliphatic rings. The fraction of sp³-hybridized carbons (Fsp3) is 0.0909. The number of hydrogen-bond donors (Lipinski definition) is 3. The van der Waals surface area contributed by atoms with Crippen LogP contribution in [0.3, 0.4) is 0 Å². The van der Waals surface area contributed by atoms with Crippen LogP contribution in [-0.4, -0.2) is 17.1 Å². The zero-order chi connectivity index (χ0) is 13.8. The summed E-state index contributed by atoms with van der Waals surface area (Å²) in [5, 5.41) is 3.01. The van der Waals surface area contributed by atoms with Gasteiger partial charge < -0.3 is 15.5 Å². The molecule has 0 unspecified atom stereocenters. The molecule has 8 heteroatoms. The fourth-order valence-corrected chi connectivity index (χ4v) is 1.85. The Morgan fingerprint density at radius 1 is 1.32 bits per heavy atom. The average Bonchev–Trinajstić information content (AvgIpc) is 2.43. The molecule has 100 valence electrons. The van der Waals surface area contributed by atoms with Crippen LogP contribution in [0.2, 0.25) is 0 Å². The topological polar surface area (TPSA) is 85.1 Å². The summed E-state index contributed by atoms with van der Waals surface area (Å²) in [4.78, 5) is 7.99. The van der Waals surface area contributed by atoms with Gasteiger partial charge in [-0.25, -0.2) is 20.2 Å². The Kier molecular flexibility index (Phi) is 4.13. The summed E-state index contributed by atoms with van der Waals surface area (Å²) < 4.78 is 18.8. The maximum Gasteiger partial charge on any atom is 0.165 e. The summed E-state index contributed by atoms with van der Waals surface area (Å²) >= 11 is 3.31. The number of nitrogen functional groups attached to an aromatic ring is 1. The molecule has 6 nitrogen and oxygen atoms in total. The third kappa shape index (κ3) is 2.91. The van der Waals surface area contributed by atoms with Crippen LogP contribution < -0.4 is 21.3 Å². The number of nitrogens with one attached hydrogen (secondary N) is 2. The Bertz CT molecular complexity index is 595. The molecule has 19 heavy (non-hydrogen) atoms. The Balaban J connectivity index is 2.31. The van der Waals surface area contributed by atoms with E-state index in [2.05, 4.69) is 36.6 Å². The van der Waals surface area contributed by atoms with Crippen LogP contribution in [0.1, 0.15) is 0 Å². The van der Waals surface area contributed by atoms with E-state index < -0.39 is 5.82 Å². The van der Waals surface area contributed by atoms with Gasteiger partial charge in [0, 0.05) is 11.8 Å². The van der Waals surface area contributed by atoms with Crippen molar-refractivity contribution in [2.75, 3.05) is 17.9 Å². The van der Waals surface area contributed by atoms with Crippen LogP contribution in [0.25, 0.3) is 0 Å². The van der Waals surface area contributed by atoms with Crippen LogP contribution in [0.4, 0.5) is 21.7 Å². The molecule has 0 aliphatic heterocycles. The van der Waals surface area contributed by atoms with Gasteiger partial charge in [-0.1, -0.05) is 0 Å². The first-order chi connectivity index (χ1) is 9.15. The number of halogens is 2. The normalized spacial score (nSPS) is 10.1. The highest BCUT2D eigenvalue weighted by molar-refractivity contribution is 9.10. The first-order valence-electron chi connectivity index (χ1n) is 5.23.